The maximum Gasteiger partial charge on any atom is 0.340 e. The highest BCUT2D eigenvalue weighted by Crippen LogP contribution is 2.16. The van der Waals surface area contributed by atoms with E-state index in [0.29, 0.717) is 17.9 Å². The Balaban J connectivity index is 2.75. The second-order valence-corrected chi connectivity index (χ2v) is 5.86. The lowest BCUT2D eigenvalue weighted by Gasteiger charge is -2.21. The Morgan fingerprint density at radius 3 is 2.48 bits per heavy atom. The Kier molecular flexibility index (Phi) is 6.21. The molecule has 1 rings (SSSR count). The van der Waals surface area contributed by atoms with Crippen molar-refractivity contribution in [1.82, 2.24) is 5.32 Å². The van der Waals surface area contributed by atoms with Crippen molar-refractivity contribution in [1.29, 1.82) is 0 Å². The Morgan fingerprint density at radius 1 is 1.19 bits per heavy atom. The lowest BCUT2D eigenvalue weighted by molar-refractivity contribution is 0.0501. The Bertz CT molecular complexity index is 493. The van der Waals surface area contributed by atoms with Crippen LogP contribution >= 0.6 is 0 Å². The molecule has 1 aromatic rings. The van der Waals surface area contributed by atoms with E-state index < -0.39 is 5.97 Å². The van der Waals surface area contributed by atoms with Crippen LogP contribution in [0.3, 0.4) is 0 Å². The van der Waals surface area contributed by atoms with E-state index in [-0.39, 0.29) is 11.6 Å². The molecule has 21 heavy (non-hydrogen) atoms. The molecule has 0 aromatic heterocycles. The Morgan fingerprint density at radius 2 is 1.86 bits per heavy atom. The molecule has 0 fully saturated rings. The standard InChI is InChI=1S/C16H24N2O3/c1-5-6-11-21-14(19)12-9-7-8-10-13(12)17-15(20)18-16(2,3)4/h7-10H,5-6,11H2,1-4H3,(H2,17,18,20). The largest absolute Gasteiger partial charge is 0.462 e. The SMILES string of the molecule is CCCCOC(=O)c1ccccc1NC(=O)NC(C)(C)C. The molecule has 1 aromatic carbocycles. The van der Waals surface area contributed by atoms with Crippen LogP contribution in [0, 0.1) is 0 Å². The summed E-state index contributed by atoms with van der Waals surface area (Å²) in [6.07, 6.45) is 1.78. The molecule has 0 saturated carbocycles. The summed E-state index contributed by atoms with van der Waals surface area (Å²) in [6, 6.07) is 6.47. The first kappa shape index (κ1) is 17.0. The molecule has 2 amide bonds. The number of carbonyl (C=O) groups excluding carboxylic acids is 2. The average Bonchev–Trinajstić information content (AvgIpc) is 2.37. The fourth-order valence-corrected chi connectivity index (χ4v) is 1.65. The number of ether oxygens (including phenoxy) is 1. The van der Waals surface area contributed by atoms with Gasteiger partial charge in [0.2, 0.25) is 0 Å². The lowest BCUT2D eigenvalue weighted by atomic mass is 10.1. The quantitative estimate of drug-likeness (QED) is 0.644. The van der Waals surface area contributed by atoms with Gasteiger partial charge in [0.15, 0.2) is 0 Å². The van der Waals surface area contributed by atoms with Crippen LogP contribution < -0.4 is 10.6 Å². The van der Waals surface area contributed by atoms with Gasteiger partial charge >= 0.3 is 12.0 Å². The van der Waals surface area contributed by atoms with Crippen molar-refractivity contribution in [3.8, 4) is 0 Å². The number of unbranched alkanes of at least 4 members (excludes halogenated alkanes) is 1. The summed E-state index contributed by atoms with van der Waals surface area (Å²) >= 11 is 0. The second-order valence-electron chi connectivity index (χ2n) is 5.86. The highest BCUT2D eigenvalue weighted by Gasteiger charge is 2.17. The van der Waals surface area contributed by atoms with Gasteiger partial charge in [0.05, 0.1) is 17.9 Å². The number of para-hydroxylation sites is 1. The molecule has 0 aliphatic heterocycles. The fraction of sp³-hybridized carbons (Fsp3) is 0.500. The van der Waals surface area contributed by atoms with E-state index in [2.05, 4.69) is 10.6 Å². The van der Waals surface area contributed by atoms with E-state index in [1.807, 2.05) is 27.7 Å². The first-order valence-corrected chi connectivity index (χ1v) is 7.19. The minimum atomic E-state index is -0.421. The van der Waals surface area contributed by atoms with E-state index in [1.54, 1.807) is 24.3 Å². The molecule has 0 aliphatic rings. The van der Waals surface area contributed by atoms with Gasteiger partial charge in [-0.25, -0.2) is 9.59 Å². The highest BCUT2D eigenvalue weighted by atomic mass is 16.5. The number of anilines is 1. The van der Waals surface area contributed by atoms with Crippen LogP contribution in [0.2, 0.25) is 0 Å². The average molecular weight is 292 g/mol. The monoisotopic (exact) mass is 292 g/mol. The zero-order valence-corrected chi connectivity index (χ0v) is 13.2. The summed E-state index contributed by atoms with van der Waals surface area (Å²) in [4.78, 5) is 23.9. The van der Waals surface area contributed by atoms with Gasteiger partial charge in [-0.3, -0.25) is 0 Å². The third kappa shape index (κ3) is 6.29. The number of hydrogen-bond donors (Lipinski definition) is 2. The molecule has 0 spiro atoms. The van der Waals surface area contributed by atoms with Crippen LogP contribution in [0.4, 0.5) is 10.5 Å². The van der Waals surface area contributed by atoms with Crippen LogP contribution in [-0.2, 0) is 4.74 Å². The third-order valence-electron chi connectivity index (χ3n) is 2.61. The number of nitrogens with one attached hydrogen (secondary N) is 2. The molecule has 0 atom stereocenters. The van der Waals surface area contributed by atoms with Gasteiger partial charge in [-0.2, -0.15) is 0 Å². The molecule has 5 nitrogen and oxygen atoms in total. The van der Waals surface area contributed by atoms with Crippen LogP contribution in [-0.4, -0.2) is 24.1 Å². The van der Waals surface area contributed by atoms with Gasteiger partial charge in [0.1, 0.15) is 0 Å². The summed E-state index contributed by atoms with van der Waals surface area (Å²) in [5.41, 5.74) is 0.458. The summed E-state index contributed by atoms with van der Waals surface area (Å²) in [6.45, 7) is 8.07. The molecular weight excluding hydrogens is 268 g/mol. The Hall–Kier alpha value is -2.04. The molecule has 0 unspecified atom stereocenters. The van der Waals surface area contributed by atoms with Crippen LogP contribution in [0.5, 0.6) is 0 Å². The van der Waals surface area contributed by atoms with E-state index in [0.717, 1.165) is 12.8 Å². The molecule has 116 valence electrons. The van der Waals surface area contributed by atoms with Crippen molar-refractivity contribution >= 4 is 17.7 Å². The summed E-state index contributed by atoms with van der Waals surface area (Å²) < 4.78 is 5.18. The number of carbonyl (C=O) groups is 2. The molecule has 5 heteroatoms. The van der Waals surface area contributed by atoms with E-state index in [1.165, 1.54) is 0 Å². The molecule has 0 radical (unpaired) electrons. The predicted octanol–water partition coefficient (Wildman–Crippen LogP) is 3.56. The van der Waals surface area contributed by atoms with Gasteiger partial charge in [-0.15, -0.1) is 0 Å². The van der Waals surface area contributed by atoms with Crippen molar-refractivity contribution in [3.63, 3.8) is 0 Å². The van der Waals surface area contributed by atoms with E-state index in [9.17, 15) is 9.59 Å². The lowest BCUT2D eigenvalue weighted by Crippen LogP contribution is -2.43. The zero-order chi connectivity index (χ0) is 15.9. The van der Waals surface area contributed by atoms with Crippen molar-refractivity contribution in [2.45, 2.75) is 46.1 Å². The highest BCUT2D eigenvalue weighted by molar-refractivity contribution is 6.00. The van der Waals surface area contributed by atoms with Crippen molar-refractivity contribution in [2.75, 3.05) is 11.9 Å². The number of hydrogen-bond acceptors (Lipinski definition) is 3. The molecule has 0 heterocycles. The van der Waals surface area contributed by atoms with Gasteiger partial charge in [-0.05, 0) is 39.3 Å². The number of rotatable bonds is 5. The molecular formula is C16H24N2O3. The second kappa shape index (κ2) is 7.67. The van der Waals surface area contributed by atoms with E-state index >= 15 is 0 Å². The first-order chi connectivity index (χ1) is 9.83. The number of esters is 1. The van der Waals surface area contributed by atoms with Gasteiger partial charge in [0.25, 0.3) is 0 Å². The third-order valence-corrected chi connectivity index (χ3v) is 2.61. The molecule has 0 bridgehead atoms. The topological polar surface area (TPSA) is 67.4 Å². The minimum absolute atomic E-state index is 0.347. The number of urea groups is 1. The fourth-order valence-electron chi connectivity index (χ4n) is 1.65. The minimum Gasteiger partial charge on any atom is -0.462 e. The Labute approximate surface area is 126 Å². The predicted molar refractivity (Wildman–Crippen MR) is 83.5 cm³/mol. The van der Waals surface area contributed by atoms with Gasteiger partial charge in [-0.1, -0.05) is 25.5 Å². The normalized spacial score (nSPS) is 10.9. The summed E-state index contributed by atoms with van der Waals surface area (Å²) in [7, 11) is 0. The van der Waals surface area contributed by atoms with Gasteiger partial charge < -0.3 is 15.4 Å². The van der Waals surface area contributed by atoms with Crippen LogP contribution in [0.25, 0.3) is 0 Å². The smallest absolute Gasteiger partial charge is 0.340 e. The summed E-state index contributed by atoms with van der Waals surface area (Å²) in [5.74, 6) is -0.421. The zero-order valence-electron chi connectivity index (χ0n) is 13.2. The van der Waals surface area contributed by atoms with Crippen molar-refractivity contribution < 1.29 is 14.3 Å². The molecule has 0 aliphatic carbocycles. The van der Waals surface area contributed by atoms with Crippen molar-refractivity contribution in [3.05, 3.63) is 29.8 Å². The van der Waals surface area contributed by atoms with Crippen LogP contribution in [0.1, 0.15) is 50.9 Å². The number of benzene rings is 1. The maximum atomic E-state index is 12.0. The van der Waals surface area contributed by atoms with E-state index in [4.69, 9.17) is 4.74 Å². The van der Waals surface area contributed by atoms with Gasteiger partial charge in [0, 0.05) is 5.54 Å². The number of amides is 2. The molecule has 0 saturated heterocycles. The van der Waals surface area contributed by atoms with Crippen molar-refractivity contribution in [2.24, 2.45) is 0 Å². The summed E-state index contributed by atoms with van der Waals surface area (Å²) in [5, 5.41) is 5.47. The van der Waals surface area contributed by atoms with Crippen LogP contribution in [0.15, 0.2) is 24.3 Å². The maximum absolute atomic E-state index is 12.0. The molecule has 2 N–H and O–H groups in total. The first-order valence-electron chi connectivity index (χ1n) is 7.19.